The number of carbonyl (C=O) groups excluding carboxylic acids is 3. The molecule has 1 saturated carbocycles. The summed E-state index contributed by atoms with van der Waals surface area (Å²) in [7, 11) is 0. The number of hydrogen-bond acceptors (Lipinski definition) is 6. The average molecular weight is 415 g/mol. The lowest BCUT2D eigenvalue weighted by atomic mass is 9.80. The molecule has 2 amide bonds. The molecule has 3 N–H and O–H groups in total. The van der Waals surface area contributed by atoms with Gasteiger partial charge in [0.1, 0.15) is 5.60 Å². The van der Waals surface area contributed by atoms with Gasteiger partial charge in [-0.25, -0.2) is 4.79 Å². The summed E-state index contributed by atoms with van der Waals surface area (Å²) in [5.74, 6) is -1.94. The van der Waals surface area contributed by atoms with Gasteiger partial charge in [-0.3, -0.25) is 9.59 Å². The molecular formula is C21H38N2O6. The van der Waals surface area contributed by atoms with Crippen LogP contribution in [0, 0.1) is 17.8 Å². The number of hydrogen-bond donors (Lipinski definition) is 3. The highest BCUT2D eigenvalue weighted by molar-refractivity contribution is 5.75. The number of aliphatic hydroxyl groups excluding tert-OH is 1. The van der Waals surface area contributed by atoms with Gasteiger partial charge in [0.2, 0.25) is 5.91 Å². The number of aliphatic hydroxyl groups is 1. The topological polar surface area (TPSA) is 114 Å². The lowest BCUT2D eigenvalue weighted by Crippen LogP contribution is -2.54. The van der Waals surface area contributed by atoms with Crippen LogP contribution >= 0.6 is 0 Å². The fourth-order valence-corrected chi connectivity index (χ4v) is 4.20. The van der Waals surface area contributed by atoms with Crippen LogP contribution in [0.3, 0.4) is 0 Å². The van der Waals surface area contributed by atoms with E-state index < -0.39 is 47.7 Å². The van der Waals surface area contributed by atoms with Crippen molar-refractivity contribution in [1.82, 2.24) is 10.6 Å². The standard InChI is InChI=1S/C21H38N2O6/c1-8-13(9-2)17(22-12(4)24)16-15(23-20(27)29-21(5,6)7)11-14(18(16)25)19(26)28-10-3/h13-18,25H,8-11H2,1-7H3,(H,22,24)(H,23,27)/t14-,15+,16+,17-,18+/m1/s1. The third-order valence-electron chi connectivity index (χ3n) is 5.41. The van der Waals surface area contributed by atoms with E-state index in [0.717, 1.165) is 12.8 Å². The van der Waals surface area contributed by atoms with E-state index in [4.69, 9.17) is 9.47 Å². The van der Waals surface area contributed by atoms with Crippen molar-refractivity contribution in [2.45, 2.75) is 91.5 Å². The molecular weight excluding hydrogens is 376 g/mol. The van der Waals surface area contributed by atoms with Crippen LogP contribution < -0.4 is 10.6 Å². The van der Waals surface area contributed by atoms with Crippen LogP contribution in [0.25, 0.3) is 0 Å². The molecule has 5 atom stereocenters. The highest BCUT2D eigenvalue weighted by atomic mass is 16.6. The number of alkyl carbamates (subject to hydrolysis) is 1. The molecule has 8 heteroatoms. The zero-order valence-electron chi connectivity index (χ0n) is 18.8. The Bertz CT molecular complexity index is 570. The summed E-state index contributed by atoms with van der Waals surface area (Å²) in [4.78, 5) is 36.7. The monoisotopic (exact) mass is 414 g/mol. The third kappa shape index (κ3) is 7.17. The van der Waals surface area contributed by atoms with Gasteiger partial charge in [-0.15, -0.1) is 0 Å². The van der Waals surface area contributed by atoms with E-state index in [1.54, 1.807) is 27.7 Å². The minimum absolute atomic E-state index is 0.0856. The second-order valence-corrected chi connectivity index (χ2v) is 8.72. The summed E-state index contributed by atoms with van der Waals surface area (Å²) in [6, 6.07) is -0.927. The van der Waals surface area contributed by atoms with Gasteiger partial charge >= 0.3 is 12.1 Å². The normalized spacial score (nSPS) is 25.4. The van der Waals surface area contributed by atoms with E-state index in [1.807, 2.05) is 13.8 Å². The van der Waals surface area contributed by atoms with Crippen molar-refractivity contribution in [2.75, 3.05) is 6.61 Å². The Balaban J connectivity index is 3.22. The maximum Gasteiger partial charge on any atom is 0.407 e. The number of carbonyl (C=O) groups is 3. The van der Waals surface area contributed by atoms with Crippen molar-refractivity contribution in [3.05, 3.63) is 0 Å². The molecule has 0 aromatic carbocycles. The van der Waals surface area contributed by atoms with Crippen LogP contribution in [0.4, 0.5) is 4.79 Å². The Morgan fingerprint density at radius 2 is 1.72 bits per heavy atom. The molecule has 0 spiro atoms. The van der Waals surface area contributed by atoms with Crippen LogP contribution in [0.1, 0.15) is 67.7 Å². The fourth-order valence-electron chi connectivity index (χ4n) is 4.20. The predicted octanol–water partition coefficient (Wildman–Crippen LogP) is 2.38. The van der Waals surface area contributed by atoms with E-state index in [-0.39, 0.29) is 24.9 Å². The number of rotatable bonds is 8. The van der Waals surface area contributed by atoms with E-state index >= 15 is 0 Å². The molecule has 29 heavy (non-hydrogen) atoms. The van der Waals surface area contributed by atoms with Crippen molar-refractivity contribution in [2.24, 2.45) is 17.8 Å². The van der Waals surface area contributed by atoms with Gasteiger partial charge in [0, 0.05) is 24.9 Å². The first-order valence-corrected chi connectivity index (χ1v) is 10.6. The third-order valence-corrected chi connectivity index (χ3v) is 5.41. The summed E-state index contributed by atoms with van der Waals surface area (Å²) in [5.41, 5.74) is -0.677. The second kappa shape index (κ2) is 10.8. The van der Waals surface area contributed by atoms with Crippen LogP contribution in [-0.4, -0.2) is 53.5 Å². The fraction of sp³-hybridized carbons (Fsp3) is 0.857. The van der Waals surface area contributed by atoms with Gasteiger partial charge in [-0.1, -0.05) is 26.7 Å². The Kier molecular flexibility index (Phi) is 9.39. The first-order chi connectivity index (χ1) is 13.4. The van der Waals surface area contributed by atoms with E-state index in [1.165, 1.54) is 6.92 Å². The highest BCUT2D eigenvalue weighted by Gasteiger charge is 2.51. The molecule has 0 aliphatic heterocycles. The largest absolute Gasteiger partial charge is 0.466 e. The maximum absolute atomic E-state index is 12.4. The molecule has 1 aliphatic carbocycles. The van der Waals surface area contributed by atoms with Crippen molar-refractivity contribution >= 4 is 18.0 Å². The van der Waals surface area contributed by atoms with Crippen LogP contribution in [0.15, 0.2) is 0 Å². The molecule has 0 radical (unpaired) electrons. The number of esters is 1. The Hall–Kier alpha value is -1.83. The average Bonchev–Trinajstić information content (AvgIpc) is 2.89. The molecule has 1 fully saturated rings. The summed E-state index contributed by atoms with van der Waals surface area (Å²) < 4.78 is 10.5. The Morgan fingerprint density at radius 3 is 2.17 bits per heavy atom. The molecule has 168 valence electrons. The molecule has 0 unspecified atom stereocenters. The summed E-state index contributed by atoms with van der Waals surface area (Å²) in [6.45, 7) is 12.7. The van der Waals surface area contributed by atoms with Gasteiger partial charge in [-0.05, 0) is 40.0 Å². The summed E-state index contributed by atoms with van der Waals surface area (Å²) in [5, 5.41) is 16.8. The molecule has 1 rings (SSSR count). The van der Waals surface area contributed by atoms with Crippen LogP contribution in [0.2, 0.25) is 0 Å². The van der Waals surface area contributed by atoms with Gasteiger partial charge in [-0.2, -0.15) is 0 Å². The smallest absolute Gasteiger partial charge is 0.407 e. The van der Waals surface area contributed by atoms with Crippen LogP contribution in [0.5, 0.6) is 0 Å². The van der Waals surface area contributed by atoms with Gasteiger partial charge in [0.05, 0.1) is 18.6 Å². The first kappa shape index (κ1) is 25.2. The first-order valence-electron chi connectivity index (χ1n) is 10.6. The molecule has 0 saturated heterocycles. The number of amides is 2. The van der Waals surface area contributed by atoms with Crippen molar-refractivity contribution < 1.29 is 29.0 Å². The molecule has 0 aromatic heterocycles. The van der Waals surface area contributed by atoms with E-state index in [0.29, 0.717) is 0 Å². The molecule has 0 heterocycles. The quantitative estimate of drug-likeness (QED) is 0.526. The lowest BCUT2D eigenvalue weighted by Gasteiger charge is -2.36. The van der Waals surface area contributed by atoms with E-state index in [9.17, 15) is 19.5 Å². The minimum Gasteiger partial charge on any atom is -0.466 e. The lowest BCUT2D eigenvalue weighted by molar-refractivity contribution is -0.151. The highest BCUT2D eigenvalue weighted by Crippen LogP contribution is 2.38. The second-order valence-electron chi connectivity index (χ2n) is 8.72. The van der Waals surface area contributed by atoms with Crippen molar-refractivity contribution in [1.29, 1.82) is 0 Å². The van der Waals surface area contributed by atoms with Crippen molar-refractivity contribution in [3.63, 3.8) is 0 Å². The zero-order chi connectivity index (χ0) is 22.4. The predicted molar refractivity (Wildman–Crippen MR) is 109 cm³/mol. The van der Waals surface area contributed by atoms with Gasteiger partial charge in [0.25, 0.3) is 0 Å². The van der Waals surface area contributed by atoms with Gasteiger partial charge < -0.3 is 25.2 Å². The number of ether oxygens (including phenoxy) is 2. The summed E-state index contributed by atoms with van der Waals surface area (Å²) in [6.07, 6.45) is 0.129. The van der Waals surface area contributed by atoms with Crippen LogP contribution in [-0.2, 0) is 19.1 Å². The zero-order valence-corrected chi connectivity index (χ0v) is 18.8. The molecule has 0 bridgehead atoms. The van der Waals surface area contributed by atoms with Crippen molar-refractivity contribution in [3.8, 4) is 0 Å². The molecule has 0 aromatic rings. The van der Waals surface area contributed by atoms with Gasteiger partial charge in [0.15, 0.2) is 0 Å². The Morgan fingerprint density at radius 1 is 1.14 bits per heavy atom. The SMILES string of the molecule is CCOC(=O)[C@@H]1C[C@H](NC(=O)OC(C)(C)C)[C@@H]([C@H](NC(C)=O)C(CC)CC)[C@H]1O. The minimum atomic E-state index is -1.05. The number of nitrogens with one attached hydrogen (secondary N) is 2. The Labute approximate surface area is 174 Å². The van der Waals surface area contributed by atoms with E-state index in [2.05, 4.69) is 10.6 Å². The summed E-state index contributed by atoms with van der Waals surface area (Å²) >= 11 is 0. The molecule has 8 nitrogen and oxygen atoms in total. The maximum atomic E-state index is 12.4. The molecule has 1 aliphatic rings.